The SMILES string of the molecule is NNC(CCCCl)c1c(F)cccc1F. The van der Waals surface area contributed by atoms with Gasteiger partial charge in [0.1, 0.15) is 11.6 Å². The van der Waals surface area contributed by atoms with Gasteiger partial charge in [-0.1, -0.05) is 6.07 Å². The molecule has 0 aromatic heterocycles. The van der Waals surface area contributed by atoms with Crippen molar-refractivity contribution in [1.82, 2.24) is 5.43 Å². The van der Waals surface area contributed by atoms with Gasteiger partial charge in [-0.25, -0.2) is 8.78 Å². The second kappa shape index (κ2) is 6.00. The zero-order valence-corrected chi connectivity index (χ0v) is 8.90. The molecule has 0 aliphatic carbocycles. The Morgan fingerprint density at radius 2 is 1.93 bits per heavy atom. The minimum absolute atomic E-state index is 0.0230. The number of halogens is 3. The summed E-state index contributed by atoms with van der Waals surface area (Å²) < 4.78 is 26.7. The molecule has 0 fully saturated rings. The van der Waals surface area contributed by atoms with Gasteiger partial charge in [-0.3, -0.25) is 11.3 Å². The molecule has 1 atom stereocenters. The van der Waals surface area contributed by atoms with Gasteiger partial charge in [0.2, 0.25) is 0 Å². The van der Waals surface area contributed by atoms with Gasteiger partial charge in [0, 0.05) is 11.4 Å². The summed E-state index contributed by atoms with van der Waals surface area (Å²) in [6.45, 7) is 0. The molecule has 0 aliphatic rings. The Labute approximate surface area is 92.4 Å². The molecule has 1 unspecified atom stereocenters. The van der Waals surface area contributed by atoms with Gasteiger partial charge in [0.15, 0.2) is 0 Å². The Bertz CT molecular complexity index is 300. The van der Waals surface area contributed by atoms with Crippen molar-refractivity contribution in [2.75, 3.05) is 5.88 Å². The summed E-state index contributed by atoms with van der Waals surface area (Å²) >= 11 is 5.51. The van der Waals surface area contributed by atoms with Crippen molar-refractivity contribution in [3.8, 4) is 0 Å². The summed E-state index contributed by atoms with van der Waals surface area (Å²) in [5, 5.41) is 0. The van der Waals surface area contributed by atoms with Crippen molar-refractivity contribution in [3.05, 3.63) is 35.4 Å². The summed E-state index contributed by atoms with van der Waals surface area (Å²) in [7, 11) is 0. The molecule has 0 amide bonds. The minimum atomic E-state index is -0.590. The molecule has 0 saturated heterocycles. The lowest BCUT2D eigenvalue weighted by atomic mass is 10.0. The molecule has 3 N–H and O–H groups in total. The molecule has 15 heavy (non-hydrogen) atoms. The van der Waals surface area contributed by atoms with E-state index in [0.29, 0.717) is 18.7 Å². The van der Waals surface area contributed by atoms with Crippen molar-refractivity contribution in [3.63, 3.8) is 0 Å². The maximum Gasteiger partial charge on any atom is 0.130 e. The molecule has 0 spiro atoms. The second-order valence-electron chi connectivity index (χ2n) is 3.19. The molecule has 1 aromatic rings. The highest BCUT2D eigenvalue weighted by molar-refractivity contribution is 6.17. The Kier molecular flexibility index (Phi) is 4.94. The van der Waals surface area contributed by atoms with Gasteiger partial charge in [-0.2, -0.15) is 0 Å². The smallest absolute Gasteiger partial charge is 0.130 e. The van der Waals surface area contributed by atoms with E-state index in [0.717, 1.165) is 0 Å². The van der Waals surface area contributed by atoms with Crippen molar-refractivity contribution in [2.24, 2.45) is 5.84 Å². The van der Waals surface area contributed by atoms with Crippen LogP contribution in [-0.4, -0.2) is 5.88 Å². The molecule has 5 heteroatoms. The topological polar surface area (TPSA) is 38.0 Å². The lowest BCUT2D eigenvalue weighted by Crippen LogP contribution is -2.29. The van der Waals surface area contributed by atoms with E-state index < -0.39 is 17.7 Å². The largest absolute Gasteiger partial charge is 0.271 e. The summed E-state index contributed by atoms with van der Waals surface area (Å²) in [5.41, 5.74) is 2.37. The maximum atomic E-state index is 13.3. The van der Waals surface area contributed by atoms with E-state index in [1.54, 1.807) is 0 Å². The fourth-order valence-electron chi connectivity index (χ4n) is 1.44. The van der Waals surface area contributed by atoms with Crippen molar-refractivity contribution in [1.29, 1.82) is 0 Å². The number of hydrazine groups is 1. The van der Waals surface area contributed by atoms with E-state index in [2.05, 4.69) is 5.43 Å². The Hall–Kier alpha value is -0.710. The molecule has 0 bridgehead atoms. The predicted molar refractivity (Wildman–Crippen MR) is 56.4 cm³/mol. The Morgan fingerprint density at radius 1 is 1.33 bits per heavy atom. The predicted octanol–water partition coefficient (Wildman–Crippen LogP) is 2.49. The van der Waals surface area contributed by atoms with Crippen LogP contribution in [0.4, 0.5) is 8.78 Å². The van der Waals surface area contributed by atoms with Gasteiger partial charge in [-0.05, 0) is 25.0 Å². The number of nitrogens with two attached hydrogens (primary N) is 1. The van der Waals surface area contributed by atoms with Gasteiger partial charge in [0.25, 0.3) is 0 Å². The monoisotopic (exact) mass is 234 g/mol. The first-order valence-electron chi connectivity index (χ1n) is 4.66. The third-order valence-electron chi connectivity index (χ3n) is 2.18. The van der Waals surface area contributed by atoms with Crippen LogP contribution in [0.5, 0.6) is 0 Å². The molecule has 2 nitrogen and oxygen atoms in total. The van der Waals surface area contributed by atoms with Gasteiger partial charge >= 0.3 is 0 Å². The van der Waals surface area contributed by atoms with E-state index >= 15 is 0 Å². The molecule has 0 heterocycles. The zero-order chi connectivity index (χ0) is 11.3. The van der Waals surface area contributed by atoms with E-state index in [9.17, 15) is 8.78 Å². The van der Waals surface area contributed by atoms with E-state index in [4.69, 9.17) is 17.4 Å². The molecule has 0 saturated carbocycles. The van der Waals surface area contributed by atoms with Gasteiger partial charge in [-0.15, -0.1) is 11.6 Å². The highest BCUT2D eigenvalue weighted by atomic mass is 35.5. The average Bonchev–Trinajstić information content (AvgIpc) is 2.22. The van der Waals surface area contributed by atoms with E-state index in [1.807, 2.05) is 0 Å². The van der Waals surface area contributed by atoms with Crippen LogP contribution in [0.25, 0.3) is 0 Å². The highest BCUT2D eigenvalue weighted by Crippen LogP contribution is 2.23. The normalized spacial score (nSPS) is 12.8. The zero-order valence-electron chi connectivity index (χ0n) is 8.14. The molecule has 1 aromatic carbocycles. The van der Waals surface area contributed by atoms with Crippen LogP contribution in [0.3, 0.4) is 0 Å². The van der Waals surface area contributed by atoms with E-state index in [1.165, 1.54) is 18.2 Å². The Morgan fingerprint density at radius 3 is 2.40 bits per heavy atom. The van der Waals surface area contributed by atoms with Crippen LogP contribution in [0.2, 0.25) is 0 Å². The lowest BCUT2D eigenvalue weighted by Gasteiger charge is -2.16. The fourth-order valence-corrected chi connectivity index (χ4v) is 1.59. The second-order valence-corrected chi connectivity index (χ2v) is 3.56. The van der Waals surface area contributed by atoms with Crippen LogP contribution in [0, 0.1) is 11.6 Å². The van der Waals surface area contributed by atoms with Crippen LogP contribution < -0.4 is 11.3 Å². The van der Waals surface area contributed by atoms with Crippen molar-refractivity contribution < 1.29 is 8.78 Å². The number of nitrogens with one attached hydrogen (secondary N) is 1. The summed E-state index contributed by atoms with van der Waals surface area (Å²) in [6.07, 6.45) is 1.14. The summed E-state index contributed by atoms with van der Waals surface area (Å²) in [4.78, 5) is 0. The highest BCUT2D eigenvalue weighted by Gasteiger charge is 2.18. The number of hydrogen-bond donors (Lipinski definition) is 2. The lowest BCUT2D eigenvalue weighted by molar-refractivity contribution is 0.451. The summed E-state index contributed by atoms with van der Waals surface area (Å²) in [6, 6.07) is 3.21. The van der Waals surface area contributed by atoms with E-state index in [-0.39, 0.29) is 5.56 Å². The van der Waals surface area contributed by atoms with Gasteiger partial charge in [0.05, 0.1) is 6.04 Å². The quantitative estimate of drug-likeness (QED) is 0.467. The first kappa shape index (κ1) is 12.4. The first-order valence-corrected chi connectivity index (χ1v) is 5.20. The average molecular weight is 235 g/mol. The maximum absolute atomic E-state index is 13.3. The molecule has 1 rings (SSSR count). The molecular formula is C10H13ClF2N2. The third-order valence-corrected chi connectivity index (χ3v) is 2.44. The summed E-state index contributed by atoms with van der Waals surface area (Å²) in [5.74, 6) is 4.52. The third kappa shape index (κ3) is 3.12. The standard InChI is InChI=1S/C10H13ClF2N2/c11-6-2-5-9(15-14)10-7(12)3-1-4-8(10)13/h1,3-4,9,15H,2,5-6,14H2. The Balaban J connectivity index is 2.90. The fraction of sp³-hybridized carbons (Fsp3) is 0.400. The molecule has 0 radical (unpaired) electrons. The van der Waals surface area contributed by atoms with Crippen LogP contribution in [0.15, 0.2) is 18.2 Å². The molecule has 0 aliphatic heterocycles. The van der Waals surface area contributed by atoms with Gasteiger partial charge < -0.3 is 0 Å². The van der Waals surface area contributed by atoms with Crippen LogP contribution in [-0.2, 0) is 0 Å². The minimum Gasteiger partial charge on any atom is -0.271 e. The number of benzene rings is 1. The van der Waals surface area contributed by atoms with Crippen LogP contribution >= 0.6 is 11.6 Å². The molecular weight excluding hydrogens is 222 g/mol. The molecule has 84 valence electrons. The van der Waals surface area contributed by atoms with Crippen molar-refractivity contribution in [2.45, 2.75) is 18.9 Å². The van der Waals surface area contributed by atoms with Crippen molar-refractivity contribution >= 4 is 11.6 Å². The number of rotatable bonds is 5. The number of alkyl halides is 1. The first-order chi connectivity index (χ1) is 7.20. The van der Waals surface area contributed by atoms with Crippen LogP contribution in [0.1, 0.15) is 24.4 Å². The number of hydrogen-bond acceptors (Lipinski definition) is 2.